The number of halogens is 2. The summed E-state index contributed by atoms with van der Waals surface area (Å²) in [6, 6.07) is 22.0. The van der Waals surface area contributed by atoms with Crippen molar-refractivity contribution in [2.75, 3.05) is 6.54 Å². The van der Waals surface area contributed by atoms with Gasteiger partial charge in [-0.3, -0.25) is 4.79 Å². The lowest BCUT2D eigenvalue weighted by atomic mass is 10.2. The maximum absolute atomic E-state index is 13.1. The fraction of sp³-hybridized carbons (Fsp3) is 0.0909. The molecule has 3 rings (SSSR count). The van der Waals surface area contributed by atoms with Crippen LogP contribution in [-0.4, -0.2) is 31.4 Å². The van der Waals surface area contributed by atoms with Gasteiger partial charge in [0.05, 0.1) is 27.7 Å². The second-order valence-electron chi connectivity index (χ2n) is 6.50. The average Bonchev–Trinajstić information content (AvgIpc) is 2.76. The number of sulfonamides is 1. The Kier molecular flexibility index (Phi) is 7.81. The van der Waals surface area contributed by atoms with Crippen LogP contribution in [0.4, 0.5) is 0 Å². The van der Waals surface area contributed by atoms with Gasteiger partial charge in [0.2, 0.25) is 10.0 Å². The number of carbonyl (C=O) groups excluding carboxylic acids is 1. The molecule has 0 unspecified atom stereocenters. The quantitative estimate of drug-likeness (QED) is 0.388. The van der Waals surface area contributed by atoms with E-state index in [1.165, 1.54) is 18.3 Å². The molecule has 1 N–H and O–H groups in total. The van der Waals surface area contributed by atoms with Crippen LogP contribution in [-0.2, 0) is 21.4 Å². The standard InChI is InChI=1S/C22H19Cl2N3O3S/c23-20-12-7-13-21(24)19(20)14-25-26-22(28)16-27(15-17-8-3-1-4-9-17)31(29,30)18-10-5-2-6-11-18/h1-14H,15-16H2,(H,26,28)/b25-14-. The van der Waals surface area contributed by atoms with Gasteiger partial charge in [0.15, 0.2) is 0 Å². The number of hydrogen-bond donors (Lipinski definition) is 1. The number of hydrazone groups is 1. The second-order valence-corrected chi connectivity index (χ2v) is 9.25. The van der Waals surface area contributed by atoms with E-state index < -0.39 is 22.5 Å². The molecule has 3 aromatic carbocycles. The molecule has 0 saturated carbocycles. The zero-order valence-corrected chi connectivity index (χ0v) is 18.6. The summed E-state index contributed by atoms with van der Waals surface area (Å²) in [5, 5.41) is 4.62. The van der Waals surface area contributed by atoms with Crippen LogP contribution in [0.1, 0.15) is 11.1 Å². The van der Waals surface area contributed by atoms with E-state index in [9.17, 15) is 13.2 Å². The molecular formula is C22H19Cl2N3O3S. The SMILES string of the molecule is O=C(CN(Cc1ccccc1)S(=O)(=O)c1ccccc1)N/N=C\c1c(Cl)cccc1Cl. The van der Waals surface area contributed by atoms with Crippen LogP contribution in [0.3, 0.4) is 0 Å². The highest BCUT2D eigenvalue weighted by Gasteiger charge is 2.26. The molecule has 0 atom stereocenters. The minimum absolute atomic E-state index is 0.0333. The van der Waals surface area contributed by atoms with Crippen molar-refractivity contribution in [2.24, 2.45) is 5.10 Å². The van der Waals surface area contributed by atoms with Crippen LogP contribution in [0, 0.1) is 0 Å². The highest BCUT2D eigenvalue weighted by Crippen LogP contribution is 2.22. The molecule has 0 saturated heterocycles. The fourth-order valence-corrected chi connectivity index (χ4v) is 4.65. The third-order valence-electron chi connectivity index (χ3n) is 4.29. The van der Waals surface area contributed by atoms with E-state index in [2.05, 4.69) is 10.5 Å². The largest absolute Gasteiger partial charge is 0.272 e. The molecule has 3 aromatic rings. The molecule has 31 heavy (non-hydrogen) atoms. The molecule has 160 valence electrons. The molecule has 0 aliphatic carbocycles. The highest BCUT2D eigenvalue weighted by atomic mass is 35.5. The summed E-state index contributed by atoms with van der Waals surface area (Å²) < 4.78 is 27.4. The van der Waals surface area contributed by atoms with Crippen molar-refractivity contribution in [3.8, 4) is 0 Å². The zero-order valence-electron chi connectivity index (χ0n) is 16.3. The minimum atomic E-state index is -3.91. The van der Waals surface area contributed by atoms with Crippen molar-refractivity contribution in [3.05, 3.63) is 100 Å². The highest BCUT2D eigenvalue weighted by molar-refractivity contribution is 7.89. The number of hydrogen-bond acceptors (Lipinski definition) is 4. The molecule has 0 heterocycles. The van der Waals surface area contributed by atoms with Crippen molar-refractivity contribution in [2.45, 2.75) is 11.4 Å². The number of amides is 1. The average molecular weight is 476 g/mol. The van der Waals surface area contributed by atoms with Gasteiger partial charge in [-0.1, -0.05) is 77.8 Å². The Labute approximate surface area is 191 Å². The van der Waals surface area contributed by atoms with Gasteiger partial charge in [0.1, 0.15) is 0 Å². The predicted octanol–water partition coefficient (Wildman–Crippen LogP) is 4.33. The Hall–Kier alpha value is -2.71. The first-order chi connectivity index (χ1) is 14.9. The van der Waals surface area contributed by atoms with E-state index in [4.69, 9.17) is 23.2 Å². The first-order valence-corrected chi connectivity index (χ1v) is 11.4. The molecule has 0 aromatic heterocycles. The van der Waals surface area contributed by atoms with Gasteiger partial charge in [0.25, 0.3) is 5.91 Å². The van der Waals surface area contributed by atoms with Crippen LogP contribution in [0.2, 0.25) is 10.0 Å². The van der Waals surface area contributed by atoms with E-state index in [1.54, 1.807) is 60.7 Å². The van der Waals surface area contributed by atoms with Crippen molar-refractivity contribution < 1.29 is 13.2 Å². The number of benzene rings is 3. The zero-order chi connectivity index (χ0) is 22.3. The van der Waals surface area contributed by atoms with E-state index in [0.29, 0.717) is 15.6 Å². The summed E-state index contributed by atoms with van der Waals surface area (Å²) in [6.07, 6.45) is 1.32. The minimum Gasteiger partial charge on any atom is -0.272 e. The molecule has 6 nitrogen and oxygen atoms in total. The molecule has 0 fully saturated rings. The van der Waals surface area contributed by atoms with Gasteiger partial charge in [-0.25, -0.2) is 13.8 Å². The predicted molar refractivity (Wildman–Crippen MR) is 123 cm³/mol. The maximum Gasteiger partial charge on any atom is 0.255 e. The summed E-state index contributed by atoms with van der Waals surface area (Å²) in [7, 11) is -3.91. The van der Waals surface area contributed by atoms with Crippen LogP contribution in [0.5, 0.6) is 0 Å². The first kappa shape index (κ1) is 23.0. The molecule has 0 aliphatic heterocycles. The van der Waals surface area contributed by atoms with Crippen LogP contribution >= 0.6 is 23.2 Å². The van der Waals surface area contributed by atoms with E-state index in [-0.39, 0.29) is 11.4 Å². The first-order valence-electron chi connectivity index (χ1n) is 9.23. The van der Waals surface area contributed by atoms with Crippen LogP contribution < -0.4 is 5.43 Å². The molecule has 0 spiro atoms. The summed E-state index contributed by atoms with van der Waals surface area (Å²) in [4.78, 5) is 12.6. The fourth-order valence-electron chi connectivity index (χ4n) is 2.75. The summed E-state index contributed by atoms with van der Waals surface area (Å²) in [5.74, 6) is -0.602. The van der Waals surface area contributed by atoms with Gasteiger partial charge in [-0.2, -0.15) is 9.41 Å². The second kappa shape index (κ2) is 10.5. The van der Waals surface area contributed by atoms with E-state index in [1.807, 2.05) is 6.07 Å². The van der Waals surface area contributed by atoms with Crippen LogP contribution in [0.15, 0.2) is 88.9 Å². The Morgan fingerprint density at radius 1 is 0.903 bits per heavy atom. The van der Waals surface area contributed by atoms with Crippen LogP contribution in [0.25, 0.3) is 0 Å². The molecular weight excluding hydrogens is 457 g/mol. The molecule has 1 amide bonds. The van der Waals surface area contributed by atoms with Crippen molar-refractivity contribution in [1.29, 1.82) is 0 Å². The molecule has 0 aliphatic rings. The number of carbonyl (C=O) groups is 1. The number of nitrogens with zero attached hydrogens (tertiary/aromatic N) is 2. The maximum atomic E-state index is 13.1. The topological polar surface area (TPSA) is 78.8 Å². The van der Waals surface area contributed by atoms with Crippen molar-refractivity contribution >= 4 is 45.3 Å². The molecule has 9 heteroatoms. The lowest BCUT2D eigenvalue weighted by Gasteiger charge is -2.21. The Morgan fingerprint density at radius 3 is 2.10 bits per heavy atom. The number of nitrogens with one attached hydrogen (secondary N) is 1. The summed E-state index contributed by atoms with van der Waals surface area (Å²) >= 11 is 12.1. The summed E-state index contributed by atoms with van der Waals surface area (Å²) in [6.45, 7) is -0.384. The number of rotatable bonds is 8. The van der Waals surface area contributed by atoms with Gasteiger partial charge in [-0.15, -0.1) is 0 Å². The monoisotopic (exact) mass is 475 g/mol. The van der Waals surface area contributed by atoms with Gasteiger partial charge in [-0.05, 0) is 29.8 Å². The van der Waals surface area contributed by atoms with Gasteiger partial charge < -0.3 is 0 Å². The van der Waals surface area contributed by atoms with Gasteiger partial charge >= 0.3 is 0 Å². The van der Waals surface area contributed by atoms with Gasteiger partial charge in [0, 0.05) is 12.1 Å². The van der Waals surface area contributed by atoms with Crippen molar-refractivity contribution in [3.63, 3.8) is 0 Å². The Balaban J connectivity index is 1.78. The third-order valence-corrected chi connectivity index (χ3v) is 6.75. The normalized spacial score (nSPS) is 11.7. The van der Waals surface area contributed by atoms with E-state index >= 15 is 0 Å². The van der Waals surface area contributed by atoms with E-state index in [0.717, 1.165) is 9.87 Å². The smallest absolute Gasteiger partial charge is 0.255 e. The Bertz CT molecular complexity index is 1150. The third kappa shape index (κ3) is 6.15. The molecule has 0 radical (unpaired) electrons. The summed E-state index contributed by atoms with van der Waals surface area (Å²) in [5.41, 5.74) is 3.53. The van der Waals surface area contributed by atoms with Crippen molar-refractivity contribution in [1.82, 2.24) is 9.73 Å². The lowest BCUT2D eigenvalue weighted by Crippen LogP contribution is -2.39. The Morgan fingerprint density at radius 2 is 1.48 bits per heavy atom. The molecule has 0 bridgehead atoms. The lowest BCUT2D eigenvalue weighted by molar-refractivity contribution is -0.121.